The quantitative estimate of drug-likeness (QED) is 0.843. The Bertz CT molecular complexity index is 563. The lowest BCUT2D eigenvalue weighted by Crippen LogP contribution is -2.42. The van der Waals surface area contributed by atoms with Crippen LogP contribution in [0, 0.1) is 0 Å². The number of methoxy groups -OCH3 is 1. The highest BCUT2D eigenvalue weighted by Crippen LogP contribution is 2.06. The molecule has 0 aliphatic heterocycles. The van der Waals surface area contributed by atoms with Crippen molar-refractivity contribution >= 4 is 11.9 Å². The predicted molar refractivity (Wildman–Crippen MR) is 72.1 cm³/mol. The summed E-state index contributed by atoms with van der Waals surface area (Å²) in [7, 11) is 1.29. The van der Waals surface area contributed by atoms with Gasteiger partial charge in [0, 0.05) is 6.42 Å². The maximum Gasteiger partial charge on any atom is 0.328 e. The average Bonchev–Trinajstić information content (AvgIpc) is 3.01. The van der Waals surface area contributed by atoms with Crippen LogP contribution in [0.2, 0.25) is 0 Å². The van der Waals surface area contributed by atoms with Gasteiger partial charge < -0.3 is 14.5 Å². The summed E-state index contributed by atoms with van der Waals surface area (Å²) in [6.45, 7) is 0. The van der Waals surface area contributed by atoms with Crippen LogP contribution in [0.25, 0.3) is 0 Å². The fourth-order valence-electron chi connectivity index (χ4n) is 1.82. The van der Waals surface area contributed by atoms with Gasteiger partial charge in [-0.05, 0) is 17.7 Å². The Morgan fingerprint density at radius 1 is 1.20 bits per heavy atom. The van der Waals surface area contributed by atoms with Crippen molar-refractivity contribution in [2.24, 2.45) is 0 Å². The molecule has 0 fully saturated rings. The van der Waals surface area contributed by atoms with Gasteiger partial charge in [0.05, 0.1) is 13.4 Å². The molecule has 5 nitrogen and oxygen atoms in total. The monoisotopic (exact) mass is 273 g/mol. The Kier molecular flexibility index (Phi) is 4.55. The number of benzene rings is 1. The highest BCUT2D eigenvalue weighted by Gasteiger charge is 2.23. The second-order valence-electron chi connectivity index (χ2n) is 4.22. The molecule has 0 spiro atoms. The first kappa shape index (κ1) is 13.9. The molecule has 1 aromatic carbocycles. The first-order chi connectivity index (χ1) is 9.70. The standard InChI is InChI=1S/C15H15NO4/c1-19-15(18)12(10-11-6-3-2-4-7-11)16-14(17)13-8-5-9-20-13/h2-9,12H,10H2,1H3,(H,16,17)/t12-/m1/s1. The summed E-state index contributed by atoms with van der Waals surface area (Å²) in [4.78, 5) is 23.7. The molecule has 1 amide bonds. The highest BCUT2D eigenvalue weighted by molar-refractivity contribution is 5.94. The van der Waals surface area contributed by atoms with E-state index in [4.69, 9.17) is 9.15 Å². The van der Waals surface area contributed by atoms with E-state index in [9.17, 15) is 9.59 Å². The third kappa shape index (κ3) is 3.47. The van der Waals surface area contributed by atoms with E-state index < -0.39 is 17.9 Å². The SMILES string of the molecule is COC(=O)[C@@H](Cc1ccccc1)NC(=O)c1ccco1. The van der Waals surface area contributed by atoms with E-state index in [-0.39, 0.29) is 5.76 Å². The van der Waals surface area contributed by atoms with Crippen LogP contribution in [0.1, 0.15) is 16.1 Å². The van der Waals surface area contributed by atoms with E-state index >= 15 is 0 Å². The summed E-state index contributed by atoms with van der Waals surface area (Å²) >= 11 is 0. The molecule has 2 rings (SSSR count). The van der Waals surface area contributed by atoms with Crippen molar-refractivity contribution in [2.45, 2.75) is 12.5 Å². The van der Waals surface area contributed by atoms with Crippen molar-refractivity contribution in [3.05, 3.63) is 60.1 Å². The van der Waals surface area contributed by atoms with E-state index in [1.165, 1.54) is 19.4 Å². The maximum atomic E-state index is 11.9. The molecule has 0 bridgehead atoms. The molecule has 5 heteroatoms. The summed E-state index contributed by atoms with van der Waals surface area (Å²) in [5.74, 6) is -0.776. The largest absolute Gasteiger partial charge is 0.467 e. The van der Waals surface area contributed by atoms with Crippen LogP contribution in [0.5, 0.6) is 0 Å². The number of hydrogen-bond acceptors (Lipinski definition) is 4. The zero-order valence-electron chi connectivity index (χ0n) is 11.0. The van der Waals surface area contributed by atoms with E-state index in [1.54, 1.807) is 6.07 Å². The lowest BCUT2D eigenvalue weighted by molar-refractivity contribution is -0.142. The lowest BCUT2D eigenvalue weighted by atomic mass is 10.1. The maximum absolute atomic E-state index is 11.9. The van der Waals surface area contributed by atoms with Crippen LogP contribution in [0.4, 0.5) is 0 Å². The first-order valence-corrected chi connectivity index (χ1v) is 6.17. The van der Waals surface area contributed by atoms with Crippen molar-refractivity contribution < 1.29 is 18.7 Å². The van der Waals surface area contributed by atoms with Crippen molar-refractivity contribution in [2.75, 3.05) is 7.11 Å². The van der Waals surface area contributed by atoms with Crippen molar-refractivity contribution in [1.82, 2.24) is 5.32 Å². The van der Waals surface area contributed by atoms with Gasteiger partial charge in [0.25, 0.3) is 5.91 Å². The summed E-state index contributed by atoms with van der Waals surface area (Å²) in [6, 6.07) is 11.8. The molecule has 0 radical (unpaired) electrons. The van der Waals surface area contributed by atoms with Crippen LogP contribution in [-0.2, 0) is 16.0 Å². The van der Waals surface area contributed by atoms with Gasteiger partial charge in [-0.15, -0.1) is 0 Å². The van der Waals surface area contributed by atoms with E-state index in [0.29, 0.717) is 6.42 Å². The Balaban J connectivity index is 2.08. The number of ether oxygens (including phenoxy) is 1. The number of rotatable bonds is 5. The summed E-state index contributed by atoms with van der Waals surface area (Å²) in [5, 5.41) is 2.61. The zero-order chi connectivity index (χ0) is 14.4. The van der Waals surface area contributed by atoms with Crippen molar-refractivity contribution in [3.8, 4) is 0 Å². The number of nitrogens with one attached hydrogen (secondary N) is 1. The number of hydrogen-bond donors (Lipinski definition) is 1. The van der Waals surface area contributed by atoms with Gasteiger partial charge in [0.15, 0.2) is 5.76 Å². The lowest BCUT2D eigenvalue weighted by Gasteiger charge is -2.15. The average molecular weight is 273 g/mol. The molecule has 0 saturated carbocycles. The molecule has 20 heavy (non-hydrogen) atoms. The minimum Gasteiger partial charge on any atom is -0.467 e. The van der Waals surface area contributed by atoms with Crippen LogP contribution >= 0.6 is 0 Å². The third-order valence-corrected chi connectivity index (χ3v) is 2.82. The minimum atomic E-state index is -0.750. The molecular formula is C15H15NO4. The molecule has 0 saturated heterocycles. The first-order valence-electron chi connectivity index (χ1n) is 6.17. The fourth-order valence-corrected chi connectivity index (χ4v) is 1.82. The van der Waals surface area contributed by atoms with Gasteiger partial charge in [0.2, 0.25) is 0 Å². The van der Waals surface area contributed by atoms with Gasteiger partial charge in [-0.25, -0.2) is 4.79 Å². The van der Waals surface area contributed by atoms with Gasteiger partial charge in [-0.3, -0.25) is 4.79 Å². The second kappa shape index (κ2) is 6.56. The Morgan fingerprint density at radius 2 is 1.95 bits per heavy atom. The molecule has 1 N–H and O–H groups in total. The third-order valence-electron chi connectivity index (χ3n) is 2.82. The van der Waals surface area contributed by atoms with Crippen molar-refractivity contribution in [1.29, 1.82) is 0 Å². The Hall–Kier alpha value is -2.56. The molecule has 0 aliphatic rings. The van der Waals surface area contributed by atoms with E-state index in [2.05, 4.69) is 5.32 Å². The van der Waals surface area contributed by atoms with Crippen LogP contribution in [0.3, 0.4) is 0 Å². The van der Waals surface area contributed by atoms with Gasteiger partial charge in [-0.1, -0.05) is 30.3 Å². The molecule has 0 aliphatic carbocycles. The molecule has 0 unspecified atom stereocenters. The van der Waals surface area contributed by atoms with Gasteiger partial charge in [-0.2, -0.15) is 0 Å². The number of esters is 1. The fraction of sp³-hybridized carbons (Fsp3) is 0.200. The highest BCUT2D eigenvalue weighted by atomic mass is 16.5. The van der Waals surface area contributed by atoms with Crippen LogP contribution < -0.4 is 5.32 Å². The smallest absolute Gasteiger partial charge is 0.328 e. The molecular weight excluding hydrogens is 258 g/mol. The molecule has 1 heterocycles. The number of furan rings is 1. The molecule has 2 aromatic rings. The predicted octanol–water partition coefficient (Wildman–Crippen LogP) is 1.79. The van der Waals surface area contributed by atoms with Crippen molar-refractivity contribution in [3.63, 3.8) is 0 Å². The Labute approximate surface area is 116 Å². The molecule has 104 valence electrons. The molecule has 1 atom stereocenters. The van der Waals surface area contributed by atoms with Gasteiger partial charge >= 0.3 is 5.97 Å². The number of carbonyl (C=O) groups excluding carboxylic acids is 2. The molecule has 1 aromatic heterocycles. The van der Waals surface area contributed by atoms with Crippen LogP contribution in [-0.4, -0.2) is 25.0 Å². The second-order valence-corrected chi connectivity index (χ2v) is 4.22. The summed E-state index contributed by atoms with van der Waals surface area (Å²) < 4.78 is 9.71. The van der Waals surface area contributed by atoms with Gasteiger partial charge in [0.1, 0.15) is 6.04 Å². The van der Waals surface area contributed by atoms with E-state index in [1.807, 2.05) is 30.3 Å². The zero-order valence-corrected chi connectivity index (χ0v) is 11.0. The number of amides is 1. The Morgan fingerprint density at radius 3 is 2.55 bits per heavy atom. The number of carbonyl (C=O) groups is 2. The summed E-state index contributed by atoms with van der Waals surface area (Å²) in [6.07, 6.45) is 1.76. The van der Waals surface area contributed by atoms with E-state index in [0.717, 1.165) is 5.56 Å². The topological polar surface area (TPSA) is 68.5 Å². The summed E-state index contributed by atoms with van der Waals surface area (Å²) in [5.41, 5.74) is 0.933. The minimum absolute atomic E-state index is 0.159. The normalized spacial score (nSPS) is 11.7. The van der Waals surface area contributed by atoms with Crippen LogP contribution in [0.15, 0.2) is 53.1 Å².